The van der Waals surface area contributed by atoms with Crippen LogP contribution < -0.4 is 10.4 Å². The van der Waals surface area contributed by atoms with Crippen molar-refractivity contribution >= 4 is 29.7 Å². The zero-order valence-corrected chi connectivity index (χ0v) is 13.1. The van der Waals surface area contributed by atoms with Crippen LogP contribution in [0.1, 0.15) is 13.8 Å². The number of rotatable bonds is 2. The van der Waals surface area contributed by atoms with Crippen molar-refractivity contribution in [1.29, 1.82) is 0 Å². The fourth-order valence-electron chi connectivity index (χ4n) is 3.59. The normalized spacial score (nSPS) is 17.8. The first-order valence-electron chi connectivity index (χ1n) is 7.68. The molecule has 0 spiro atoms. The first-order valence-corrected chi connectivity index (χ1v) is 7.68. The molecular formula is C19H17BO3. The Morgan fingerprint density at radius 1 is 1.04 bits per heavy atom. The lowest BCUT2D eigenvalue weighted by atomic mass is 9.77. The van der Waals surface area contributed by atoms with Crippen LogP contribution in [0.4, 0.5) is 0 Å². The van der Waals surface area contributed by atoms with Crippen LogP contribution in [0.25, 0.3) is 22.4 Å². The second-order valence-corrected chi connectivity index (χ2v) is 6.54. The van der Waals surface area contributed by atoms with Crippen molar-refractivity contribution in [2.24, 2.45) is 5.41 Å². The second-order valence-electron chi connectivity index (χ2n) is 6.54. The van der Waals surface area contributed by atoms with Crippen molar-refractivity contribution in [3.05, 3.63) is 70.3 Å². The van der Waals surface area contributed by atoms with Gasteiger partial charge in [-0.3, -0.25) is 0 Å². The van der Waals surface area contributed by atoms with Gasteiger partial charge in [-0.25, -0.2) is 0 Å². The van der Waals surface area contributed by atoms with Crippen molar-refractivity contribution in [3.8, 4) is 0 Å². The highest BCUT2D eigenvalue weighted by atomic mass is 16.6. The third-order valence-corrected chi connectivity index (χ3v) is 4.59. The van der Waals surface area contributed by atoms with E-state index in [0.717, 1.165) is 11.1 Å². The van der Waals surface area contributed by atoms with E-state index in [1.54, 1.807) is 0 Å². The molecule has 0 atom stereocenters. The van der Waals surface area contributed by atoms with Crippen molar-refractivity contribution < 1.29 is 14.7 Å². The molecule has 0 fully saturated rings. The summed E-state index contributed by atoms with van der Waals surface area (Å²) in [4.78, 5) is 0. The van der Waals surface area contributed by atoms with Crippen molar-refractivity contribution in [1.82, 2.24) is 0 Å². The fourth-order valence-corrected chi connectivity index (χ4v) is 3.59. The molecule has 4 rings (SSSR count). The van der Waals surface area contributed by atoms with Crippen LogP contribution in [0.3, 0.4) is 0 Å². The maximum Gasteiger partial charge on any atom is 0.707 e. The van der Waals surface area contributed by atoms with E-state index >= 15 is 0 Å². The standard InChI is InChI=1S/C19H17BO3/c1-19(2)10-9-17(23-20(21)22)16-11-15-13-6-4-3-5-12(13)7-8-14(15)18(16)19/h3-11,21-22H,1-2H3. The SMILES string of the molecule is CC1(C)C=CC(OB(O)O)=C2C=c3c(ccc4ccccc34)=C21. The van der Waals surface area contributed by atoms with E-state index in [0.29, 0.717) is 5.76 Å². The molecule has 4 heteroatoms. The summed E-state index contributed by atoms with van der Waals surface area (Å²) in [6.45, 7) is 4.31. The van der Waals surface area contributed by atoms with E-state index in [4.69, 9.17) is 4.65 Å². The molecule has 0 saturated heterocycles. The van der Waals surface area contributed by atoms with Gasteiger partial charge in [-0.1, -0.05) is 56.3 Å². The van der Waals surface area contributed by atoms with Crippen LogP contribution in [-0.2, 0) is 4.65 Å². The Labute approximate surface area is 134 Å². The van der Waals surface area contributed by atoms with Gasteiger partial charge in [-0.05, 0) is 38.9 Å². The van der Waals surface area contributed by atoms with Gasteiger partial charge in [-0.15, -0.1) is 0 Å². The average molecular weight is 304 g/mol. The largest absolute Gasteiger partial charge is 0.707 e. The summed E-state index contributed by atoms with van der Waals surface area (Å²) < 4.78 is 5.19. The zero-order chi connectivity index (χ0) is 16.2. The molecule has 0 aliphatic heterocycles. The van der Waals surface area contributed by atoms with Crippen molar-refractivity contribution in [2.45, 2.75) is 13.8 Å². The van der Waals surface area contributed by atoms with Crippen LogP contribution >= 0.6 is 0 Å². The molecule has 0 bridgehead atoms. The molecule has 2 aliphatic rings. The van der Waals surface area contributed by atoms with E-state index in [2.05, 4.69) is 44.2 Å². The van der Waals surface area contributed by atoms with E-state index < -0.39 is 7.32 Å². The highest BCUT2D eigenvalue weighted by Crippen LogP contribution is 2.41. The smallest absolute Gasteiger partial charge is 0.512 e. The minimum absolute atomic E-state index is 0.146. The lowest BCUT2D eigenvalue weighted by Crippen LogP contribution is -2.29. The first-order chi connectivity index (χ1) is 11.0. The second kappa shape index (κ2) is 4.85. The van der Waals surface area contributed by atoms with E-state index in [9.17, 15) is 10.0 Å². The summed E-state index contributed by atoms with van der Waals surface area (Å²) in [5, 5.41) is 23.1. The molecule has 2 aromatic carbocycles. The summed E-state index contributed by atoms with van der Waals surface area (Å²) >= 11 is 0. The molecule has 23 heavy (non-hydrogen) atoms. The Morgan fingerprint density at radius 2 is 1.83 bits per heavy atom. The molecule has 0 heterocycles. The maximum atomic E-state index is 9.19. The lowest BCUT2D eigenvalue weighted by Gasteiger charge is -2.29. The molecule has 2 aromatic rings. The van der Waals surface area contributed by atoms with Crippen LogP contribution in [0.5, 0.6) is 0 Å². The van der Waals surface area contributed by atoms with Gasteiger partial charge in [0.05, 0.1) is 0 Å². The van der Waals surface area contributed by atoms with E-state index in [-0.39, 0.29) is 5.41 Å². The van der Waals surface area contributed by atoms with Gasteiger partial charge < -0.3 is 14.7 Å². The van der Waals surface area contributed by atoms with Gasteiger partial charge in [0.25, 0.3) is 0 Å². The van der Waals surface area contributed by atoms with Gasteiger partial charge in [-0.2, -0.15) is 0 Å². The monoisotopic (exact) mass is 304 g/mol. The van der Waals surface area contributed by atoms with Gasteiger partial charge >= 0.3 is 7.32 Å². The summed E-state index contributed by atoms with van der Waals surface area (Å²) in [6.07, 6.45) is 5.96. The van der Waals surface area contributed by atoms with Crippen molar-refractivity contribution in [3.63, 3.8) is 0 Å². The van der Waals surface area contributed by atoms with Gasteiger partial charge in [0.1, 0.15) is 5.76 Å². The lowest BCUT2D eigenvalue weighted by molar-refractivity contribution is 0.242. The average Bonchev–Trinajstić information content (AvgIpc) is 2.91. The minimum Gasteiger partial charge on any atom is -0.512 e. The molecule has 0 unspecified atom stereocenters. The topological polar surface area (TPSA) is 49.7 Å². The first kappa shape index (κ1) is 14.3. The molecule has 0 radical (unpaired) electrons. The number of fused-ring (bicyclic) bond motifs is 4. The third kappa shape index (κ3) is 2.14. The minimum atomic E-state index is -1.82. The fraction of sp³-hybridized carbons (Fsp3) is 0.158. The Morgan fingerprint density at radius 3 is 2.61 bits per heavy atom. The summed E-state index contributed by atoms with van der Waals surface area (Å²) in [5.74, 6) is 0.495. The maximum absolute atomic E-state index is 9.19. The summed E-state index contributed by atoms with van der Waals surface area (Å²) in [6, 6.07) is 12.6. The Balaban J connectivity index is 2.11. The molecule has 3 nitrogen and oxygen atoms in total. The van der Waals surface area contributed by atoms with Crippen LogP contribution in [0.2, 0.25) is 0 Å². The molecular weight excluding hydrogens is 287 g/mol. The molecule has 0 saturated carbocycles. The number of hydrogen-bond donors (Lipinski definition) is 2. The molecule has 0 amide bonds. The zero-order valence-electron chi connectivity index (χ0n) is 13.1. The molecule has 2 N–H and O–H groups in total. The summed E-state index contributed by atoms with van der Waals surface area (Å²) in [5.41, 5.74) is 1.95. The number of benzene rings is 2. The Bertz CT molecular complexity index is 997. The molecule has 114 valence electrons. The van der Waals surface area contributed by atoms with Crippen LogP contribution in [0.15, 0.2) is 59.9 Å². The Kier molecular flexibility index (Phi) is 3.02. The van der Waals surface area contributed by atoms with Gasteiger partial charge in [0.2, 0.25) is 0 Å². The van der Waals surface area contributed by atoms with Crippen LogP contribution in [0, 0.1) is 5.41 Å². The molecule has 2 aliphatic carbocycles. The Hall–Kier alpha value is -2.30. The van der Waals surface area contributed by atoms with E-state index in [1.807, 2.05) is 24.3 Å². The highest BCUT2D eigenvalue weighted by Gasteiger charge is 2.32. The number of hydrogen-bond acceptors (Lipinski definition) is 3. The van der Waals surface area contributed by atoms with Gasteiger partial charge in [0, 0.05) is 11.0 Å². The molecule has 0 aromatic heterocycles. The van der Waals surface area contributed by atoms with Crippen molar-refractivity contribution in [2.75, 3.05) is 0 Å². The predicted octanol–water partition coefficient (Wildman–Crippen LogP) is 1.62. The van der Waals surface area contributed by atoms with Crippen LogP contribution in [-0.4, -0.2) is 17.4 Å². The third-order valence-electron chi connectivity index (χ3n) is 4.59. The van der Waals surface area contributed by atoms with Gasteiger partial charge in [0.15, 0.2) is 0 Å². The predicted molar refractivity (Wildman–Crippen MR) is 92.3 cm³/mol. The quantitative estimate of drug-likeness (QED) is 0.829. The number of allylic oxidation sites excluding steroid dienone is 3. The van der Waals surface area contributed by atoms with E-state index in [1.165, 1.54) is 21.2 Å². The summed E-state index contributed by atoms with van der Waals surface area (Å²) in [7, 11) is -1.82. The highest BCUT2D eigenvalue weighted by molar-refractivity contribution is 6.33.